The maximum absolute atomic E-state index is 12.9. The molecule has 144 valence electrons. The van der Waals surface area contributed by atoms with Crippen molar-refractivity contribution in [2.75, 3.05) is 18.4 Å². The molecular formula is C20H23BrN2O3S. The molecule has 0 spiro atoms. The zero-order valence-electron chi connectivity index (χ0n) is 15.4. The molecule has 1 saturated heterocycles. The summed E-state index contributed by atoms with van der Waals surface area (Å²) in [7, 11) is -3.60. The molecule has 1 aliphatic rings. The van der Waals surface area contributed by atoms with E-state index in [4.69, 9.17) is 0 Å². The molecule has 1 amide bonds. The van der Waals surface area contributed by atoms with Crippen LogP contribution in [0.25, 0.3) is 0 Å². The second kappa shape index (κ2) is 8.12. The summed E-state index contributed by atoms with van der Waals surface area (Å²) in [6, 6.07) is 12.4. The van der Waals surface area contributed by atoms with Gasteiger partial charge in [-0.1, -0.05) is 22.0 Å². The second-order valence-electron chi connectivity index (χ2n) is 6.94. The highest BCUT2D eigenvalue weighted by molar-refractivity contribution is 9.10. The maximum Gasteiger partial charge on any atom is 0.243 e. The fourth-order valence-electron chi connectivity index (χ4n) is 3.19. The molecule has 1 N–H and O–H groups in total. The number of halogens is 1. The number of aryl methyl sites for hydroxylation is 2. The molecule has 1 fully saturated rings. The summed E-state index contributed by atoms with van der Waals surface area (Å²) in [5.41, 5.74) is 3.02. The van der Waals surface area contributed by atoms with Gasteiger partial charge in [-0.3, -0.25) is 4.79 Å². The number of nitrogens with one attached hydrogen (secondary N) is 1. The van der Waals surface area contributed by atoms with Crippen LogP contribution in [-0.4, -0.2) is 31.7 Å². The molecule has 0 bridgehead atoms. The predicted molar refractivity (Wildman–Crippen MR) is 110 cm³/mol. The minimum Gasteiger partial charge on any atom is -0.326 e. The summed E-state index contributed by atoms with van der Waals surface area (Å²) in [6.45, 7) is 4.66. The number of rotatable bonds is 4. The van der Waals surface area contributed by atoms with E-state index in [1.165, 1.54) is 4.31 Å². The second-order valence-corrected chi connectivity index (χ2v) is 9.80. The summed E-state index contributed by atoms with van der Waals surface area (Å²) in [5, 5.41) is 2.93. The lowest BCUT2D eigenvalue weighted by Crippen LogP contribution is -2.43. The van der Waals surface area contributed by atoms with E-state index in [0.717, 1.165) is 21.3 Å². The molecule has 7 heteroatoms. The largest absolute Gasteiger partial charge is 0.326 e. The van der Waals surface area contributed by atoms with Crippen LogP contribution in [-0.2, 0) is 14.8 Å². The van der Waals surface area contributed by atoms with Gasteiger partial charge in [0.2, 0.25) is 15.9 Å². The predicted octanol–water partition coefficient (Wildman–Crippen LogP) is 4.11. The standard InChI is InChI=1S/C20H23BrN2O3S/c1-14-5-8-18(12-15(14)2)22-20(24)16-4-3-11-23(13-16)27(25,26)19-9-6-17(21)7-10-19/h5-10,12,16H,3-4,11,13H2,1-2H3,(H,22,24). The lowest BCUT2D eigenvalue weighted by molar-refractivity contribution is -0.120. The fraction of sp³-hybridized carbons (Fsp3) is 0.350. The Hall–Kier alpha value is -1.70. The van der Waals surface area contributed by atoms with Crippen LogP contribution in [0.4, 0.5) is 5.69 Å². The Morgan fingerprint density at radius 3 is 2.48 bits per heavy atom. The van der Waals surface area contributed by atoms with Gasteiger partial charge < -0.3 is 5.32 Å². The normalized spacial score (nSPS) is 18.3. The van der Waals surface area contributed by atoms with Crippen LogP contribution < -0.4 is 5.32 Å². The number of hydrogen-bond donors (Lipinski definition) is 1. The Labute approximate surface area is 169 Å². The minimum atomic E-state index is -3.60. The van der Waals surface area contributed by atoms with E-state index in [1.807, 2.05) is 32.0 Å². The maximum atomic E-state index is 12.9. The van der Waals surface area contributed by atoms with Crippen molar-refractivity contribution >= 4 is 37.5 Å². The SMILES string of the molecule is Cc1ccc(NC(=O)C2CCCN(S(=O)(=O)c3ccc(Br)cc3)C2)cc1C. The summed E-state index contributed by atoms with van der Waals surface area (Å²) in [6.07, 6.45) is 1.35. The van der Waals surface area contributed by atoms with E-state index in [-0.39, 0.29) is 23.3 Å². The van der Waals surface area contributed by atoms with Crippen molar-refractivity contribution in [3.05, 3.63) is 58.1 Å². The first kappa shape index (κ1) is 20.0. The number of carbonyl (C=O) groups excluding carboxylic acids is 1. The van der Waals surface area contributed by atoms with Gasteiger partial charge in [0.15, 0.2) is 0 Å². The molecule has 3 rings (SSSR count). The molecule has 2 aromatic carbocycles. The van der Waals surface area contributed by atoms with Gasteiger partial charge in [-0.05, 0) is 74.2 Å². The van der Waals surface area contributed by atoms with Crippen LogP contribution in [0.2, 0.25) is 0 Å². The molecule has 0 aromatic heterocycles. The van der Waals surface area contributed by atoms with Gasteiger partial charge in [-0.15, -0.1) is 0 Å². The zero-order chi connectivity index (χ0) is 19.6. The van der Waals surface area contributed by atoms with E-state index in [1.54, 1.807) is 24.3 Å². The molecule has 1 atom stereocenters. The van der Waals surface area contributed by atoms with E-state index in [9.17, 15) is 13.2 Å². The van der Waals surface area contributed by atoms with Crippen molar-refractivity contribution in [1.82, 2.24) is 4.31 Å². The van der Waals surface area contributed by atoms with Crippen molar-refractivity contribution in [3.63, 3.8) is 0 Å². The van der Waals surface area contributed by atoms with Crippen LogP contribution >= 0.6 is 15.9 Å². The van der Waals surface area contributed by atoms with Crippen LogP contribution in [0.15, 0.2) is 51.8 Å². The van der Waals surface area contributed by atoms with E-state index < -0.39 is 10.0 Å². The van der Waals surface area contributed by atoms with Crippen LogP contribution in [0, 0.1) is 19.8 Å². The monoisotopic (exact) mass is 450 g/mol. The summed E-state index contributed by atoms with van der Waals surface area (Å²) in [4.78, 5) is 12.9. The third-order valence-electron chi connectivity index (χ3n) is 4.98. The van der Waals surface area contributed by atoms with Crippen molar-refractivity contribution in [2.24, 2.45) is 5.92 Å². The lowest BCUT2D eigenvalue weighted by Gasteiger charge is -2.31. The van der Waals surface area contributed by atoms with Crippen molar-refractivity contribution in [1.29, 1.82) is 0 Å². The molecule has 0 saturated carbocycles. The van der Waals surface area contributed by atoms with Crippen LogP contribution in [0.1, 0.15) is 24.0 Å². The quantitative estimate of drug-likeness (QED) is 0.761. The number of sulfonamides is 1. The number of anilines is 1. The molecule has 0 aliphatic carbocycles. The van der Waals surface area contributed by atoms with Gasteiger partial charge >= 0.3 is 0 Å². The van der Waals surface area contributed by atoms with Gasteiger partial charge in [0.05, 0.1) is 10.8 Å². The van der Waals surface area contributed by atoms with E-state index >= 15 is 0 Å². The Bertz CT molecular complexity index is 942. The lowest BCUT2D eigenvalue weighted by atomic mass is 9.98. The number of piperidine rings is 1. The number of benzene rings is 2. The zero-order valence-corrected chi connectivity index (χ0v) is 17.8. The summed E-state index contributed by atoms with van der Waals surface area (Å²) < 4.78 is 28.0. The summed E-state index contributed by atoms with van der Waals surface area (Å²) in [5.74, 6) is -0.487. The highest BCUT2D eigenvalue weighted by atomic mass is 79.9. The molecule has 1 aliphatic heterocycles. The van der Waals surface area contributed by atoms with Crippen molar-refractivity contribution in [3.8, 4) is 0 Å². The van der Waals surface area contributed by atoms with Gasteiger partial charge in [0.25, 0.3) is 0 Å². The minimum absolute atomic E-state index is 0.131. The van der Waals surface area contributed by atoms with E-state index in [2.05, 4.69) is 21.2 Å². The van der Waals surface area contributed by atoms with Crippen LogP contribution in [0.3, 0.4) is 0 Å². The molecule has 5 nitrogen and oxygen atoms in total. The first-order valence-corrected chi connectivity index (χ1v) is 11.1. The molecule has 1 heterocycles. The molecular weight excluding hydrogens is 428 g/mol. The number of amides is 1. The number of nitrogens with zero attached hydrogens (tertiary/aromatic N) is 1. The molecule has 1 unspecified atom stereocenters. The van der Waals surface area contributed by atoms with Gasteiger partial charge in [0, 0.05) is 23.2 Å². The highest BCUT2D eigenvalue weighted by Crippen LogP contribution is 2.26. The van der Waals surface area contributed by atoms with Gasteiger partial charge in [-0.25, -0.2) is 8.42 Å². The van der Waals surface area contributed by atoms with Crippen LogP contribution in [0.5, 0.6) is 0 Å². The number of hydrogen-bond acceptors (Lipinski definition) is 3. The Morgan fingerprint density at radius 2 is 1.81 bits per heavy atom. The Morgan fingerprint density at radius 1 is 1.11 bits per heavy atom. The average molecular weight is 451 g/mol. The van der Waals surface area contributed by atoms with Crippen molar-refractivity contribution in [2.45, 2.75) is 31.6 Å². The average Bonchev–Trinajstić information content (AvgIpc) is 2.65. The third kappa shape index (κ3) is 4.59. The molecule has 27 heavy (non-hydrogen) atoms. The topological polar surface area (TPSA) is 66.5 Å². The molecule has 0 radical (unpaired) electrons. The van der Waals surface area contributed by atoms with E-state index in [0.29, 0.717) is 19.4 Å². The first-order chi connectivity index (χ1) is 12.8. The third-order valence-corrected chi connectivity index (χ3v) is 7.39. The Kier molecular flexibility index (Phi) is 6.03. The highest BCUT2D eigenvalue weighted by Gasteiger charge is 2.33. The smallest absolute Gasteiger partial charge is 0.243 e. The summed E-state index contributed by atoms with van der Waals surface area (Å²) >= 11 is 3.32. The first-order valence-electron chi connectivity index (χ1n) is 8.91. The molecule has 2 aromatic rings. The Balaban J connectivity index is 1.72. The van der Waals surface area contributed by atoms with Gasteiger partial charge in [-0.2, -0.15) is 4.31 Å². The van der Waals surface area contributed by atoms with Gasteiger partial charge in [0.1, 0.15) is 0 Å². The van der Waals surface area contributed by atoms with Crippen molar-refractivity contribution < 1.29 is 13.2 Å². The fourth-order valence-corrected chi connectivity index (χ4v) is 4.98. The number of carbonyl (C=O) groups is 1.